The van der Waals surface area contributed by atoms with E-state index in [9.17, 15) is 0 Å². The summed E-state index contributed by atoms with van der Waals surface area (Å²) >= 11 is 3.49. The first-order chi connectivity index (χ1) is 7.75. The Hall–Kier alpha value is -0.380. The lowest BCUT2D eigenvalue weighted by Gasteiger charge is -2.19. The van der Waals surface area contributed by atoms with E-state index in [2.05, 4.69) is 52.4 Å². The van der Waals surface area contributed by atoms with Gasteiger partial charge in [-0.3, -0.25) is 0 Å². The van der Waals surface area contributed by atoms with Crippen LogP contribution in [0.1, 0.15) is 18.9 Å². The first-order valence-electron chi connectivity index (χ1n) is 5.81. The van der Waals surface area contributed by atoms with Gasteiger partial charge in [-0.15, -0.1) is 0 Å². The van der Waals surface area contributed by atoms with E-state index in [1.54, 1.807) is 0 Å². The fraction of sp³-hybridized carbons (Fsp3) is 0.538. The van der Waals surface area contributed by atoms with Crippen molar-refractivity contribution in [3.05, 3.63) is 34.3 Å². The van der Waals surface area contributed by atoms with E-state index >= 15 is 0 Å². The summed E-state index contributed by atoms with van der Waals surface area (Å²) in [6, 6.07) is 8.96. The molecule has 16 heavy (non-hydrogen) atoms. The van der Waals surface area contributed by atoms with Gasteiger partial charge >= 0.3 is 0 Å². The second kappa shape index (κ2) is 5.80. The maximum Gasteiger partial charge on any atom is 0.0509 e. The SMILES string of the molecule is CC(NCc1cccc(Br)c1)C1CCOC1. The van der Waals surface area contributed by atoms with Crippen LogP contribution in [0.5, 0.6) is 0 Å². The molecule has 2 atom stereocenters. The maximum absolute atomic E-state index is 5.40. The molecule has 0 radical (unpaired) electrons. The first kappa shape index (κ1) is 12.1. The van der Waals surface area contributed by atoms with Gasteiger partial charge in [0.2, 0.25) is 0 Å². The highest BCUT2D eigenvalue weighted by molar-refractivity contribution is 9.10. The topological polar surface area (TPSA) is 21.3 Å². The van der Waals surface area contributed by atoms with Crippen molar-refractivity contribution in [3.63, 3.8) is 0 Å². The Morgan fingerprint density at radius 2 is 2.44 bits per heavy atom. The molecule has 1 heterocycles. The average Bonchev–Trinajstić information content (AvgIpc) is 2.79. The molecule has 2 nitrogen and oxygen atoms in total. The molecule has 0 bridgehead atoms. The van der Waals surface area contributed by atoms with Crippen molar-refractivity contribution in [3.8, 4) is 0 Å². The van der Waals surface area contributed by atoms with Crippen LogP contribution < -0.4 is 5.32 Å². The number of hydrogen-bond acceptors (Lipinski definition) is 2. The van der Waals surface area contributed by atoms with Crippen LogP contribution in [0.2, 0.25) is 0 Å². The number of nitrogens with one attached hydrogen (secondary N) is 1. The van der Waals surface area contributed by atoms with Crippen LogP contribution >= 0.6 is 15.9 Å². The molecule has 1 aliphatic rings. The van der Waals surface area contributed by atoms with Gasteiger partial charge in [-0.1, -0.05) is 28.1 Å². The van der Waals surface area contributed by atoms with E-state index < -0.39 is 0 Å². The average molecular weight is 284 g/mol. The zero-order chi connectivity index (χ0) is 11.4. The summed E-state index contributed by atoms with van der Waals surface area (Å²) < 4.78 is 6.54. The molecule has 1 aromatic rings. The van der Waals surface area contributed by atoms with Gasteiger partial charge in [0.25, 0.3) is 0 Å². The van der Waals surface area contributed by atoms with Gasteiger partial charge in [-0.05, 0) is 37.0 Å². The second-order valence-corrected chi connectivity index (χ2v) is 5.34. The zero-order valence-corrected chi connectivity index (χ0v) is 11.2. The molecule has 1 N–H and O–H groups in total. The summed E-state index contributed by atoms with van der Waals surface area (Å²) in [6.07, 6.45) is 1.19. The van der Waals surface area contributed by atoms with Crippen LogP contribution in [0.3, 0.4) is 0 Å². The molecule has 1 saturated heterocycles. The summed E-state index contributed by atoms with van der Waals surface area (Å²) in [7, 11) is 0. The highest BCUT2D eigenvalue weighted by Gasteiger charge is 2.21. The normalized spacial score (nSPS) is 22.2. The van der Waals surface area contributed by atoms with Gasteiger partial charge in [-0.25, -0.2) is 0 Å². The van der Waals surface area contributed by atoms with Crippen molar-refractivity contribution in [2.75, 3.05) is 13.2 Å². The number of hydrogen-bond donors (Lipinski definition) is 1. The smallest absolute Gasteiger partial charge is 0.0509 e. The second-order valence-electron chi connectivity index (χ2n) is 4.42. The van der Waals surface area contributed by atoms with Crippen molar-refractivity contribution in [1.29, 1.82) is 0 Å². The Bertz CT molecular complexity index is 336. The third-order valence-corrected chi connectivity index (χ3v) is 3.68. The van der Waals surface area contributed by atoms with Crippen molar-refractivity contribution in [1.82, 2.24) is 5.32 Å². The standard InChI is InChI=1S/C13H18BrNO/c1-10(12-5-6-16-9-12)15-8-11-3-2-4-13(14)7-11/h2-4,7,10,12,15H,5-6,8-9H2,1H3. The highest BCUT2D eigenvalue weighted by Crippen LogP contribution is 2.17. The van der Waals surface area contributed by atoms with Crippen LogP contribution in [0.15, 0.2) is 28.7 Å². The monoisotopic (exact) mass is 283 g/mol. The highest BCUT2D eigenvalue weighted by atomic mass is 79.9. The Balaban J connectivity index is 1.82. The lowest BCUT2D eigenvalue weighted by atomic mass is 10.0. The molecule has 0 aliphatic carbocycles. The summed E-state index contributed by atoms with van der Waals surface area (Å²) in [5, 5.41) is 3.57. The van der Waals surface area contributed by atoms with E-state index in [0.717, 1.165) is 24.2 Å². The molecule has 0 saturated carbocycles. The van der Waals surface area contributed by atoms with Gasteiger partial charge in [0.15, 0.2) is 0 Å². The van der Waals surface area contributed by atoms with E-state index in [1.165, 1.54) is 12.0 Å². The van der Waals surface area contributed by atoms with Crippen molar-refractivity contribution < 1.29 is 4.74 Å². The van der Waals surface area contributed by atoms with Gasteiger partial charge in [-0.2, -0.15) is 0 Å². The summed E-state index contributed by atoms with van der Waals surface area (Å²) in [6.45, 7) is 5.01. The molecule has 0 amide bonds. The fourth-order valence-corrected chi connectivity index (χ4v) is 2.49. The number of halogens is 1. The van der Waals surface area contributed by atoms with Gasteiger partial charge in [0, 0.05) is 23.7 Å². The van der Waals surface area contributed by atoms with Crippen LogP contribution in [-0.2, 0) is 11.3 Å². The molecule has 0 aromatic heterocycles. The third-order valence-electron chi connectivity index (χ3n) is 3.19. The van der Waals surface area contributed by atoms with E-state index in [0.29, 0.717) is 12.0 Å². The predicted octanol–water partition coefficient (Wildman–Crippen LogP) is 2.96. The lowest BCUT2D eigenvalue weighted by molar-refractivity contribution is 0.178. The molecule has 1 aliphatic heterocycles. The number of benzene rings is 1. The maximum atomic E-state index is 5.40. The Kier molecular flexibility index (Phi) is 4.38. The van der Waals surface area contributed by atoms with Crippen LogP contribution in [0.25, 0.3) is 0 Å². The molecular formula is C13H18BrNO. The van der Waals surface area contributed by atoms with E-state index in [1.807, 2.05) is 0 Å². The molecule has 88 valence electrons. The van der Waals surface area contributed by atoms with Gasteiger partial charge < -0.3 is 10.1 Å². The number of rotatable bonds is 4. The Morgan fingerprint density at radius 1 is 1.56 bits per heavy atom. The first-order valence-corrected chi connectivity index (χ1v) is 6.60. The minimum Gasteiger partial charge on any atom is -0.381 e. The van der Waals surface area contributed by atoms with Crippen molar-refractivity contribution in [2.24, 2.45) is 5.92 Å². The summed E-state index contributed by atoms with van der Waals surface area (Å²) in [4.78, 5) is 0. The van der Waals surface area contributed by atoms with Gasteiger partial charge in [0.1, 0.15) is 0 Å². The molecule has 3 heteroatoms. The Morgan fingerprint density at radius 3 is 3.12 bits per heavy atom. The molecule has 1 fully saturated rings. The lowest BCUT2D eigenvalue weighted by Crippen LogP contribution is -2.33. The third kappa shape index (κ3) is 3.30. The van der Waals surface area contributed by atoms with Crippen molar-refractivity contribution in [2.45, 2.75) is 25.9 Å². The number of ether oxygens (including phenoxy) is 1. The van der Waals surface area contributed by atoms with E-state index in [-0.39, 0.29) is 0 Å². The Labute approximate surface area is 106 Å². The van der Waals surface area contributed by atoms with Crippen molar-refractivity contribution >= 4 is 15.9 Å². The largest absolute Gasteiger partial charge is 0.381 e. The van der Waals surface area contributed by atoms with Crippen LogP contribution in [0.4, 0.5) is 0 Å². The zero-order valence-electron chi connectivity index (χ0n) is 9.58. The molecule has 2 rings (SSSR count). The van der Waals surface area contributed by atoms with E-state index in [4.69, 9.17) is 4.74 Å². The predicted molar refractivity (Wildman–Crippen MR) is 69.4 cm³/mol. The summed E-state index contributed by atoms with van der Waals surface area (Å²) in [5.41, 5.74) is 1.32. The minimum absolute atomic E-state index is 0.529. The van der Waals surface area contributed by atoms with Gasteiger partial charge in [0.05, 0.1) is 6.61 Å². The summed E-state index contributed by atoms with van der Waals surface area (Å²) in [5.74, 6) is 0.673. The quantitative estimate of drug-likeness (QED) is 0.917. The molecule has 0 spiro atoms. The molecular weight excluding hydrogens is 266 g/mol. The minimum atomic E-state index is 0.529. The molecule has 1 aromatic carbocycles. The fourth-order valence-electron chi connectivity index (χ4n) is 2.04. The van der Waals surface area contributed by atoms with Crippen LogP contribution in [0, 0.1) is 5.92 Å². The van der Waals surface area contributed by atoms with Crippen LogP contribution in [-0.4, -0.2) is 19.3 Å². The molecule has 2 unspecified atom stereocenters.